The van der Waals surface area contributed by atoms with Crippen LogP contribution in [-0.4, -0.2) is 47.9 Å². The summed E-state index contributed by atoms with van der Waals surface area (Å²) in [7, 11) is 0. The highest BCUT2D eigenvalue weighted by molar-refractivity contribution is 5.88. The lowest BCUT2D eigenvalue weighted by Crippen LogP contribution is -2.39. The molecule has 1 aromatic carbocycles. The molecule has 8 nitrogen and oxygen atoms in total. The number of carbonyl (C=O) groups excluding carboxylic acids is 1. The third-order valence-corrected chi connectivity index (χ3v) is 4.06. The molecule has 3 N–H and O–H groups in total. The van der Waals surface area contributed by atoms with Gasteiger partial charge in [-0.05, 0) is 45.4 Å². The van der Waals surface area contributed by atoms with E-state index in [4.69, 9.17) is 4.74 Å². The van der Waals surface area contributed by atoms with Crippen LogP contribution in [0.4, 0.5) is 5.69 Å². The average molecular weight is 401 g/mol. The van der Waals surface area contributed by atoms with Crippen LogP contribution in [0.5, 0.6) is 5.75 Å². The molecule has 0 saturated carbocycles. The summed E-state index contributed by atoms with van der Waals surface area (Å²) in [6, 6.07) is 9.43. The first kappa shape index (κ1) is 22.3. The summed E-state index contributed by atoms with van der Waals surface area (Å²) in [5, 5.41) is 13.7. The standard InChI is InChI=1S/C21H32N6O2/c1-5-22-21(23-10-7-12-27-17(3)14-16(2)26-27)24-11-13-29-20-9-6-8-19(15-20)25-18(4)28/h6,8-9,14-15H,5,7,10-13H2,1-4H3,(H,25,28)(H2,22,23,24). The number of rotatable bonds is 10. The van der Waals surface area contributed by atoms with Crippen molar-refractivity contribution >= 4 is 17.6 Å². The smallest absolute Gasteiger partial charge is 0.221 e. The first-order valence-corrected chi connectivity index (χ1v) is 10.0. The van der Waals surface area contributed by atoms with Gasteiger partial charge in [0.15, 0.2) is 5.96 Å². The largest absolute Gasteiger partial charge is 0.492 e. The van der Waals surface area contributed by atoms with Crippen molar-refractivity contribution in [3.8, 4) is 5.75 Å². The Bertz CT molecular complexity index is 815. The topological polar surface area (TPSA) is 92.6 Å². The molecule has 8 heteroatoms. The van der Waals surface area contributed by atoms with Gasteiger partial charge in [-0.3, -0.25) is 14.5 Å². The number of nitrogens with one attached hydrogen (secondary N) is 3. The maximum atomic E-state index is 11.1. The van der Waals surface area contributed by atoms with E-state index in [2.05, 4.69) is 39.0 Å². The van der Waals surface area contributed by atoms with Gasteiger partial charge in [0.25, 0.3) is 0 Å². The van der Waals surface area contributed by atoms with E-state index in [1.54, 1.807) is 6.07 Å². The highest BCUT2D eigenvalue weighted by Gasteiger charge is 2.02. The van der Waals surface area contributed by atoms with Crippen LogP contribution in [0.25, 0.3) is 0 Å². The van der Waals surface area contributed by atoms with Crippen LogP contribution in [0.1, 0.15) is 31.7 Å². The van der Waals surface area contributed by atoms with E-state index < -0.39 is 0 Å². The number of hydrogen-bond donors (Lipinski definition) is 3. The molecule has 0 bridgehead atoms. The quantitative estimate of drug-likeness (QED) is 0.324. The van der Waals surface area contributed by atoms with Crippen LogP contribution in [-0.2, 0) is 11.3 Å². The Balaban J connectivity index is 1.73. The molecule has 1 heterocycles. The van der Waals surface area contributed by atoms with E-state index in [9.17, 15) is 4.79 Å². The van der Waals surface area contributed by atoms with Gasteiger partial charge < -0.3 is 20.7 Å². The molecule has 0 aliphatic heterocycles. The van der Waals surface area contributed by atoms with Crippen molar-refractivity contribution in [2.24, 2.45) is 4.99 Å². The lowest BCUT2D eigenvalue weighted by atomic mass is 10.3. The van der Waals surface area contributed by atoms with Gasteiger partial charge in [-0.1, -0.05) is 6.07 Å². The summed E-state index contributed by atoms with van der Waals surface area (Å²) in [6.07, 6.45) is 0.922. The maximum absolute atomic E-state index is 11.1. The highest BCUT2D eigenvalue weighted by Crippen LogP contribution is 2.17. The molecule has 0 atom stereocenters. The summed E-state index contributed by atoms with van der Waals surface area (Å²) in [4.78, 5) is 15.7. The van der Waals surface area contributed by atoms with Crippen LogP contribution >= 0.6 is 0 Å². The molecule has 0 spiro atoms. The van der Waals surface area contributed by atoms with Crippen molar-refractivity contribution in [2.45, 2.75) is 40.7 Å². The van der Waals surface area contributed by atoms with Crippen LogP contribution < -0.4 is 20.7 Å². The third-order valence-electron chi connectivity index (χ3n) is 4.06. The Kier molecular flexibility index (Phi) is 9.01. The number of guanidine groups is 1. The molecule has 2 rings (SSSR count). The minimum absolute atomic E-state index is 0.104. The number of nitrogens with zero attached hydrogens (tertiary/aromatic N) is 3. The third kappa shape index (κ3) is 8.25. The normalized spacial score (nSPS) is 11.2. The number of benzene rings is 1. The predicted molar refractivity (Wildman–Crippen MR) is 117 cm³/mol. The zero-order chi connectivity index (χ0) is 21.1. The minimum atomic E-state index is -0.104. The highest BCUT2D eigenvalue weighted by atomic mass is 16.5. The fourth-order valence-corrected chi connectivity index (χ4v) is 2.86. The second-order valence-electron chi connectivity index (χ2n) is 6.75. The van der Waals surface area contributed by atoms with E-state index in [-0.39, 0.29) is 5.91 Å². The van der Waals surface area contributed by atoms with Crippen molar-refractivity contribution in [1.29, 1.82) is 0 Å². The molecule has 0 aliphatic rings. The summed E-state index contributed by atoms with van der Waals surface area (Å²) in [5.74, 6) is 1.38. The average Bonchev–Trinajstić information content (AvgIpc) is 2.99. The molecule has 0 saturated heterocycles. The molecule has 2 aromatic rings. The number of hydrogen-bond acceptors (Lipinski definition) is 4. The van der Waals surface area contributed by atoms with Gasteiger partial charge in [0.05, 0.1) is 12.2 Å². The van der Waals surface area contributed by atoms with Gasteiger partial charge in [0.1, 0.15) is 12.4 Å². The zero-order valence-electron chi connectivity index (χ0n) is 17.8. The fourth-order valence-electron chi connectivity index (χ4n) is 2.86. The Morgan fingerprint density at radius 3 is 2.76 bits per heavy atom. The molecule has 1 aromatic heterocycles. The van der Waals surface area contributed by atoms with E-state index in [1.807, 2.05) is 36.7 Å². The zero-order valence-corrected chi connectivity index (χ0v) is 17.8. The maximum Gasteiger partial charge on any atom is 0.221 e. The lowest BCUT2D eigenvalue weighted by molar-refractivity contribution is -0.114. The number of carbonyl (C=O) groups is 1. The summed E-state index contributed by atoms with van der Waals surface area (Å²) >= 11 is 0. The molecular formula is C21H32N6O2. The second-order valence-corrected chi connectivity index (χ2v) is 6.75. The van der Waals surface area contributed by atoms with E-state index >= 15 is 0 Å². The predicted octanol–water partition coefficient (Wildman–Crippen LogP) is 2.48. The monoisotopic (exact) mass is 400 g/mol. The second kappa shape index (κ2) is 11.7. The van der Waals surface area contributed by atoms with E-state index in [1.165, 1.54) is 12.6 Å². The van der Waals surface area contributed by atoms with Crippen molar-refractivity contribution in [1.82, 2.24) is 20.4 Å². The van der Waals surface area contributed by atoms with Gasteiger partial charge in [-0.25, -0.2) is 0 Å². The molecular weight excluding hydrogens is 368 g/mol. The molecule has 158 valence electrons. The van der Waals surface area contributed by atoms with Gasteiger partial charge in [0.2, 0.25) is 5.91 Å². The van der Waals surface area contributed by atoms with Crippen LogP contribution in [0.15, 0.2) is 35.3 Å². The van der Waals surface area contributed by atoms with Crippen molar-refractivity contribution in [3.63, 3.8) is 0 Å². The minimum Gasteiger partial charge on any atom is -0.492 e. The number of anilines is 1. The number of aromatic nitrogens is 2. The van der Waals surface area contributed by atoms with E-state index in [0.29, 0.717) is 25.4 Å². The first-order chi connectivity index (χ1) is 14.0. The Morgan fingerprint density at radius 1 is 1.24 bits per heavy atom. The molecule has 1 amide bonds. The number of amides is 1. The first-order valence-electron chi connectivity index (χ1n) is 10.0. The summed E-state index contributed by atoms with van der Waals surface area (Å²) in [5.41, 5.74) is 2.94. The summed E-state index contributed by atoms with van der Waals surface area (Å²) in [6.45, 7) is 11.1. The van der Waals surface area contributed by atoms with Gasteiger partial charge >= 0.3 is 0 Å². The Labute approximate surface area is 172 Å². The molecule has 0 fully saturated rings. The van der Waals surface area contributed by atoms with Gasteiger partial charge in [-0.15, -0.1) is 0 Å². The SMILES string of the molecule is CCNC(=NCCCn1nc(C)cc1C)NCCOc1cccc(NC(C)=O)c1. The Hall–Kier alpha value is -3.03. The molecule has 0 unspecified atom stereocenters. The van der Waals surface area contributed by atoms with E-state index in [0.717, 1.165) is 36.9 Å². The lowest BCUT2D eigenvalue weighted by Gasteiger charge is -2.13. The number of ether oxygens (including phenoxy) is 1. The van der Waals surface area contributed by atoms with Crippen LogP contribution in [0.2, 0.25) is 0 Å². The van der Waals surface area contributed by atoms with Crippen LogP contribution in [0, 0.1) is 13.8 Å². The van der Waals surface area contributed by atoms with Crippen molar-refractivity contribution < 1.29 is 9.53 Å². The number of aliphatic imine (C=N–C) groups is 1. The molecule has 0 aliphatic carbocycles. The molecule has 29 heavy (non-hydrogen) atoms. The van der Waals surface area contributed by atoms with Gasteiger partial charge in [-0.2, -0.15) is 5.10 Å². The Morgan fingerprint density at radius 2 is 2.07 bits per heavy atom. The molecule has 0 radical (unpaired) electrons. The van der Waals surface area contributed by atoms with Gasteiger partial charge in [0, 0.05) is 44.0 Å². The van der Waals surface area contributed by atoms with Crippen LogP contribution in [0.3, 0.4) is 0 Å². The number of aryl methyl sites for hydroxylation is 3. The van der Waals surface area contributed by atoms with Crippen molar-refractivity contribution in [3.05, 3.63) is 41.7 Å². The summed E-state index contributed by atoms with van der Waals surface area (Å²) < 4.78 is 7.77. The van der Waals surface area contributed by atoms with Crippen molar-refractivity contribution in [2.75, 3.05) is 31.6 Å². The fraction of sp³-hybridized carbons (Fsp3) is 0.476.